The Kier molecular flexibility index (Phi) is 3.52. The standard InChI is InChI=1S/C8H14BrNO/c1-2-4-10-5-3-7(9)8(11)6-10/h7H,2-6H2,1H3. The Labute approximate surface area is 76.1 Å². The van der Waals surface area contributed by atoms with Gasteiger partial charge < -0.3 is 0 Å². The Morgan fingerprint density at radius 1 is 1.73 bits per heavy atom. The molecule has 1 unspecified atom stereocenters. The summed E-state index contributed by atoms with van der Waals surface area (Å²) in [6.07, 6.45) is 2.11. The van der Waals surface area contributed by atoms with E-state index in [9.17, 15) is 4.79 Å². The molecule has 0 radical (unpaired) electrons. The normalized spacial score (nSPS) is 27.5. The quantitative estimate of drug-likeness (QED) is 0.656. The van der Waals surface area contributed by atoms with E-state index >= 15 is 0 Å². The summed E-state index contributed by atoms with van der Waals surface area (Å²) in [7, 11) is 0. The largest absolute Gasteiger partial charge is 0.297 e. The summed E-state index contributed by atoms with van der Waals surface area (Å²) < 4.78 is 0. The van der Waals surface area contributed by atoms with Gasteiger partial charge >= 0.3 is 0 Å². The summed E-state index contributed by atoms with van der Waals surface area (Å²) in [6.45, 7) is 4.91. The third-order valence-corrected chi connectivity index (χ3v) is 2.94. The molecule has 1 aliphatic heterocycles. The van der Waals surface area contributed by atoms with Gasteiger partial charge in [-0.3, -0.25) is 9.69 Å². The maximum atomic E-state index is 11.2. The summed E-state index contributed by atoms with van der Waals surface area (Å²) >= 11 is 3.36. The minimum absolute atomic E-state index is 0.121. The van der Waals surface area contributed by atoms with Crippen LogP contribution in [0, 0.1) is 0 Å². The molecule has 0 aromatic carbocycles. The molecule has 2 nitrogen and oxygen atoms in total. The van der Waals surface area contributed by atoms with Crippen LogP contribution in [0.3, 0.4) is 0 Å². The van der Waals surface area contributed by atoms with Crippen LogP contribution in [0.15, 0.2) is 0 Å². The fraction of sp³-hybridized carbons (Fsp3) is 0.875. The van der Waals surface area contributed by atoms with Crippen molar-refractivity contribution < 1.29 is 4.79 Å². The predicted molar refractivity (Wildman–Crippen MR) is 49.1 cm³/mol. The third-order valence-electron chi connectivity index (χ3n) is 1.97. The van der Waals surface area contributed by atoms with Crippen molar-refractivity contribution >= 4 is 21.7 Å². The molecule has 0 bridgehead atoms. The second-order valence-corrected chi connectivity index (χ2v) is 4.10. The number of alkyl halides is 1. The van der Waals surface area contributed by atoms with Crippen LogP contribution in [0.2, 0.25) is 0 Å². The lowest BCUT2D eigenvalue weighted by atomic mass is 10.1. The average Bonchev–Trinajstić information content (AvgIpc) is 1.98. The Bertz CT molecular complexity index is 149. The lowest BCUT2D eigenvalue weighted by Crippen LogP contribution is -2.41. The number of halogens is 1. The van der Waals surface area contributed by atoms with Crippen molar-refractivity contribution in [1.82, 2.24) is 4.90 Å². The molecular weight excluding hydrogens is 206 g/mol. The number of Topliss-reactive ketones (excluding diaryl/α,β-unsaturated/α-hetero) is 1. The Balaban J connectivity index is 2.34. The van der Waals surface area contributed by atoms with Gasteiger partial charge in [-0.25, -0.2) is 0 Å². The number of hydrogen-bond acceptors (Lipinski definition) is 2. The first-order valence-corrected chi connectivity index (χ1v) is 5.04. The number of hydrogen-bond donors (Lipinski definition) is 0. The maximum absolute atomic E-state index is 11.2. The molecule has 0 saturated carbocycles. The monoisotopic (exact) mass is 219 g/mol. The molecule has 1 fully saturated rings. The second kappa shape index (κ2) is 4.21. The highest BCUT2D eigenvalue weighted by atomic mass is 79.9. The predicted octanol–water partition coefficient (Wildman–Crippen LogP) is 1.43. The average molecular weight is 220 g/mol. The smallest absolute Gasteiger partial charge is 0.160 e. The van der Waals surface area contributed by atoms with Crippen LogP contribution in [-0.2, 0) is 4.79 Å². The van der Waals surface area contributed by atoms with E-state index in [2.05, 4.69) is 27.8 Å². The molecular formula is C8H14BrNO. The molecule has 1 aliphatic rings. The van der Waals surface area contributed by atoms with Crippen molar-refractivity contribution in [2.45, 2.75) is 24.6 Å². The lowest BCUT2D eigenvalue weighted by Gasteiger charge is -2.27. The van der Waals surface area contributed by atoms with Gasteiger partial charge in [-0.1, -0.05) is 22.9 Å². The first-order valence-electron chi connectivity index (χ1n) is 4.13. The van der Waals surface area contributed by atoms with Crippen LogP contribution in [0.5, 0.6) is 0 Å². The summed E-state index contributed by atoms with van der Waals surface area (Å²) in [5.74, 6) is 0.338. The number of likely N-dealkylation sites (tertiary alicyclic amines) is 1. The van der Waals surface area contributed by atoms with Crippen molar-refractivity contribution in [3.05, 3.63) is 0 Å². The van der Waals surface area contributed by atoms with Crippen LogP contribution in [0.4, 0.5) is 0 Å². The van der Waals surface area contributed by atoms with Gasteiger partial charge in [0.15, 0.2) is 5.78 Å². The molecule has 1 atom stereocenters. The van der Waals surface area contributed by atoms with E-state index in [0.29, 0.717) is 12.3 Å². The van der Waals surface area contributed by atoms with Crippen LogP contribution >= 0.6 is 15.9 Å². The van der Waals surface area contributed by atoms with Crippen LogP contribution in [0.1, 0.15) is 19.8 Å². The Hall–Kier alpha value is 0.110. The summed E-state index contributed by atoms with van der Waals surface area (Å²) in [5.41, 5.74) is 0. The molecule has 11 heavy (non-hydrogen) atoms. The van der Waals surface area contributed by atoms with Gasteiger partial charge in [0.2, 0.25) is 0 Å². The molecule has 64 valence electrons. The van der Waals surface area contributed by atoms with E-state index in [4.69, 9.17) is 0 Å². The van der Waals surface area contributed by atoms with Gasteiger partial charge in [0.1, 0.15) is 0 Å². The number of ketones is 1. The van der Waals surface area contributed by atoms with Gasteiger partial charge in [-0.2, -0.15) is 0 Å². The number of rotatable bonds is 2. The van der Waals surface area contributed by atoms with Gasteiger partial charge in [-0.05, 0) is 19.4 Å². The number of piperidine rings is 1. The minimum Gasteiger partial charge on any atom is -0.297 e. The maximum Gasteiger partial charge on any atom is 0.160 e. The summed E-state index contributed by atoms with van der Waals surface area (Å²) in [5, 5.41) is 0. The minimum atomic E-state index is 0.121. The topological polar surface area (TPSA) is 20.3 Å². The van der Waals surface area contributed by atoms with Crippen molar-refractivity contribution in [2.24, 2.45) is 0 Å². The van der Waals surface area contributed by atoms with Gasteiger partial charge in [-0.15, -0.1) is 0 Å². The van der Waals surface area contributed by atoms with Gasteiger partial charge in [0, 0.05) is 6.54 Å². The van der Waals surface area contributed by atoms with E-state index in [-0.39, 0.29) is 4.83 Å². The number of carbonyl (C=O) groups is 1. The third kappa shape index (κ3) is 2.56. The Morgan fingerprint density at radius 2 is 2.45 bits per heavy atom. The molecule has 0 aromatic rings. The zero-order valence-electron chi connectivity index (χ0n) is 6.85. The van der Waals surface area contributed by atoms with Crippen LogP contribution in [0.25, 0.3) is 0 Å². The summed E-state index contributed by atoms with van der Waals surface area (Å²) in [6, 6.07) is 0. The van der Waals surface area contributed by atoms with Crippen LogP contribution in [-0.4, -0.2) is 35.1 Å². The number of carbonyl (C=O) groups excluding carboxylic acids is 1. The highest BCUT2D eigenvalue weighted by Gasteiger charge is 2.23. The van der Waals surface area contributed by atoms with Crippen molar-refractivity contribution in [3.8, 4) is 0 Å². The number of nitrogens with zero attached hydrogens (tertiary/aromatic N) is 1. The molecule has 0 aromatic heterocycles. The molecule has 0 aliphatic carbocycles. The Morgan fingerprint density at radius 3 is 3.00 bits per heavy atom. The molecule has 0 spiro atoms. The van der Waals surface area contributed by atoms with E-state index in [1.165, 1.54) is 0 Å². The van der Waals surface area contributed by atoms with Crippen LogP contribution < -0.4 is 0 Å². The highest BCUT2D eigenvalue weighted by molar-refractivity contribution is 9.10. The highest BCUT2D eigenvalue weighted by Crippen LogP contribution is 2.14. The molecule has 3 heteroatoms. The van der Waals surface area contributed by atoms with Gasteiger partial charge in [0.25, 0.3) is 0 Å². The van der Waals surface area contributed by atoms with E-state index in [1.807, 2.05) is 0 Å². The zero-order chi connectivity index (χ0) is 8.27. The fourth-order valence-electron chi connectivity index (χ4n) is 1.36. The van der Waals surface area contributed by atoms with Gasteiger partial charge in [0.05, 0.1) is 11.4 Å². The van der Waals surface area contributed by atoms with E-state index < -0.39 is 0 Å². The second-order valence-electron chi connectivity index (χ2n) is 3.00. The molecule has 1 rings (SSSR count). The van der Waals surface area contributed by atoms with E-state index in [0.717, 1.165) is 25.9 Å². The first kappa shape index (κ1) is 9.20. The fourth-order valence-corrected chi connectivity index (χ4v) is 1.71. The summed E-state index contributed by atoms with van der Waals surface area (Å²) in [4.78, 5) is 13.5. The van der Waals surface area contributed by atoms with Crippen molar-refractivity contribution in [2.75, 3.05) is 19.6 Å². The first-order chi connectivity index (χ1) is 5.24. The zero-order valence-corrected chi connectivity index (χ0v) is 8.43. The lowest BCUT2D eigenvalue weighted by molar-refractivity contribution is -0.121. The molecule has 1 saturated heterocycles. The SMILES string of the molecule is CCCN1CCC(Br)C(=O)C1. The molecule has 0 amide bonds. The van der Waals surface area contributed by atoms with E-state index in [1.54, 1.807) is 0 Å². The van der Waals surface area contributed by atoms with Crippen molar-refractivity contribution in [3.63, 3.8) is 0 Å². The molecule has 1 heterocycles. The van der Waals surface area contributed by atoms with Crippen molar-refractivity contribution in [1.29, 1.82) is 0 Å². The molecule has 0 N–H and O–H groups in total.